The minimum atomic E-state index is 0.0193. The van der Waals surface area contributed by atoms with Crippen LogP contribution in [0, 0.1) is 0 Å². The van der Waals surface area contributed by atoms with E-state index in [2.05, 4.69) is 17.0 Å². The minimum absolute atomic E-state index is 0.0193. The van der Waals surface area contributed by atoms with Gasteiger partial charge in [-0.05, 0) is 37.0 Å². The second kappa shape index (κ2) is 8.07. The third-order valence-corrected chi connectivity index (χ3v) is 8.18. The van der Waals surface area contributed by atoms with E-state index >= 15 is 0 Å². The summed E-state index contributed by atoms with van der Waals surface area (Å²) in [6, 6.07) is 10.3. The van der Waals surface area contributed by atoms with Crippen LogP contribution in [0.2, 0.25) is 0 Å². The summed E-state index contributed by atoms with van der Waals surface area (Å²) < 4.78 is 1.61. The second-order valence-corrected chi connectivity index (χ2v) is 9.81. The fraction of sp³-hybridized carbons (Fsp3) is 0.409. The van der Waals surface area contributed by atoms with Gasteiger partial charge in [-0.2, -0.15) is 0 Å². The van der Waals surface area contributed by atoms with E-state index < -0.39 is 0 Å². The Bertz CT molecular complexity index is 1150. The molecular weight excluding hydrogens is 416 g/mol. The van der Waals surface area contributed by atoms with E-state index in [0.717, 1.165) is 55.7 Å². The van der Waals surface area contributed by atoms with Gasteiger partial charge in [-0.1, -0.05) is 30.0 Å². The van der Waals surface area contributed by atoms with E-state index in [-0.39, 0.29) is 11.5 Å². The predicted octanol–water partition coefficient (Wildman–Crippen LogP) is 2.92. The monoisotopic (exact) mass is 440 g/mol. The number of amides is 1. The largest absolute Gasteiger partial charge is 0.368 e. The molecule has 0 spiro atoms. The molecule has 30 heavy (non-hydrogen) atoms. The van der Waals surface area contributed by atoms with Crippen LogP contribution in [0.4, 0.5) is 5.69 Å². The number of rotatable bonds is 4. The summed E-state index contributed by atoms with van der Waals surface area (Å²) in [5.74, 6) is 0.415. The Morgan fingerprint density at radius 3 is 2.67 bits per heavy atom. The average Bonchev–Trinajstić information content (AvgIpc) is 3.37. The number of para-hydroxylation sites is 1. The number of anilines is 1. The SMILES string of the molecule is Cn1c(SCC(=O)N2CCN(c3ccccc3)CC2)nc2sc3c(c2c1=O)CCC3. The molecule has 1 saturated heterocycles. The van der Waals surface area contributed by atoms with Crippen LogP contribution in [-0.2, 0) is 24.7 Å². The first-order valence-corrected chi connectivity index (χ1v) is 12.1. The maximum atomic E-state index is 12.9. The third kappa shape index (κ3) is 3.52. The summed E-state index contributed by atoms with van der Waals surface area (Å²) in [7, 11) is 1.76. The number of benzene rings is 1. The molecule has 0 unspecified atom stereocenters. The average molecular weight is 441 g/mol. The summed E-state index contributed by atoms with van der Waals surface area (Å²) in [5.41, 5.74) is 2.42. The van der Waals surface area contributed by atoms with E-state index in [9.17, 15) is 9.59 Å². The number of aryl methyl sites for hydroxylation is 2. The number of fused-ring (bicyclic) bond motifs is 3. The molecule has 0 bridgehead atoms. The zero-order valence-corrected chi connectivity index (χ0v) is 18.6. The molecule has 1 aliphatic carbocycles. The van der Waals surface area contributed by atoms with Crippen molar-refractivity contribution in [3.05, 3.63) is 51.1 Å². The van der Waals surface area contributed by atoms with Gasteiger partial charge in [0.1, 0.15) is 4.83 Å². The van der Waals surface area contributed by atoms with Crippen molar-refractivity contribution in [1.29, 1.82) is 0 Å². The molecule has 1 fully saturated rings. The van der Waals surface area contributed by atoms with Crippen molar-refractivity contribution >= 4 is 44.9 Å². The van der Waals surface area contributed by atoms with Gasteiger partial charge in [-0.25, -0.2) is 4.98 Å². The highest BCUT2D eigenvalue weighted by Gasteiger charge is 2.24. The Kier molecular flexibility index (Phi) is 5.28. The summed E-state index contributed by atoms with van der Waals surface area (Å²) in [5, 5.41) is 1.42. The first-order valence-electron chi connectivity index (χ1n) is 10.3. The van der Waals surface area contributed by atoms with Crippen LogP contribution in [0.1, 0.15) is 16.9 Å². The quantitative estimate of drug-likeness (QED) is 0.461. The van der Waals surface area contributed by atoms with Crippen LogP contribution in [-0.4, -0.2) is 52.3 Å². The minimum Gasteiger partial charge on any atom is -0.368 e. The summed E-state index contributed by atoms with van der Waals surface area (Å²) >= 11 is 3.01. The highest BCUT2D eigenvalue weighted by molar-refractivity contribution is 7.99. The number of carbonyl (C=O) groups excluding carboxylic acids is 1. The molecule has 6 nitrogen and oxygen atoms in total. The summed E-state index contributed by atoms with van der Waals surface area (Å²) in [4.78, 5) is 36.8. The normalized spacial score (nSPS) is 16.3. The van der Waals surface area contributed by atoms with Gasteiger partial charge in [0, 0.05) is 43.8 Å². The predicted molar refractivity (Wildman–Crippen MR) is 123 cm³/mol. The van der Waals surface area contributed by atoms with E-state index in [1.165, 1.54) is 27.9 Å². The molecule has 1 amide bonds. The first-order chi connectivity index (χ1) is 14.6. The lowest BCUT2D eigenvalue weighted by Crippen LogP contribution is -2.49. The number of carbonyl (C=O) groups is 1. The number of thiophene rings is 1. The van der Waals surface area contributed by atoms with Gasteiger partial charge in [-0.3, -0.25) is 14.2 Å². The van der Waals surface area contributed by atoms with Gasteiger partial charge in [0.15, 0.2) is 5.16 Å². The van der Waals surface area contributed by atoms with Crippen molar-refractivity contribution in [2.75, 3.05) is 36.8 Å². The third-order valence-electron chi connectivity index (χ3n) is 5.98. The molecule has 2 aliphatic rings. The fourth-order valence-electron chi connectivity index (χ4n) is 4.31. The lowest BCUT2D eigenvalue weighted by atomic mass is 10.2. The number of nitrogens with zero attached hydrogens (tertiary/aromatic N) is 4. The van der Waals surface area contributed by atoms with Gasteiger partial charge in [0.2, 0.25) is 5.91 Å². The number of hydrogen-bond donors (Lipinski definition) is 0. The van der Waals surface area contributed by atoms with E-state index in [1.54, 1.807) is 23.0 Å². The molecule has 156 valence electrons. The molecule has 0 N–H and O–H groups in total. The standard InChI is InChI=1S/C22H24N4O2S2/c1-24-21(28)19-16-8-5-9-17(16)30-20(19)23-22(24)29-14-18(27)26-12-10-25(11-13-26)15-6-3-2-4-7-15/h2-4,6-7H,5,8-14H2,1H3. The molecule has 2 aromatic heterocycles. The maximum absolute atomic E-state index is 12.9. The van der Waals surface area contributed by atoms with Crippen molar-refractivity contribution < 1.29 is 4.79 Å². The number of hydrogen-bond acceptors (Lipinski definition) is 6. The Morgan fingerprint density at radius 1 is 1.13 bits per heavy atom. The van der Waals surface area contributed by atoms with Gasteiger partial charge < -0.3 is 9.80 Å². The maximum Gasteiger partial charge on any atom is 0.262 e. The first kappa shape index (κ1) is 19.6. The van der Waals surface area contributed by atoms with Crippen LogP contribution < -0.4 is 10.5 Å². The fourth-order valence-corrected chi connectivity index (χ4v) is 6.48. The molecule has 0 atom stereocenters. The van der Waals surface area contributed by atoms with Gasteiger partial charge >= 0.3 is 0 Å². The van der Waals surface area contributed by atoms with Gasteiger partial charge in [-0.15, -0.1) is 11.3 Å². The van der Waals surface area contributed by atoms with Crippen LogP contribution in [0.25, 0.3) is 10.2 Å². The molecule has 0 radical (unpaired) electrons. The summed E-state index contributed by atoms with van der Waals surface area (Å²) in [6.07, 6.45) is 3.16. The molecule has 8 heteroatoms. The lowest BCUT2D eigenvalue weighted by molar-refractivity contribution is -0.128. The topological polar surface area (TPSA) is 58.4 Å². The Balaban J connectivity index is 1.24. The zero-order chi connectivity index (χ0) is 20.7. The van der Waals surface area contributed by atoms with Gasteiger partial charge in [0.25, 0.3) is 5.56 Å². The van der Waals surface area contributed by atoms with Crippen molar-refractivity contribution in [3.8, 4) is 0 Å². The second-order valence-electron chi connectivity index (χ2n) is 7.79. The van der Waals surface area contributed by atoms with Crippen molar-refractivity contribution in [3.63, 3.8) is 0 Å². The molecule has 1 aromatic carbocycles. The molecular formula is C22H24N4O2S2. The lowest BCUT2D eigenvalue weighted by Gasteiger charge is -2.36. The van der Waals surface area contributed by atoms with Crippen LogP contribution in [0.5, 0.6) is 0 Å². The van der Waals surface area contributed by atoms with Crippen molar-refractivity contribution in [1.82, 2.24) is 14.5 Å². The molecule has 3 heterocycles. The highest BCUT2D eigenvalue weighted by Crippen LogP contribution is 2.35. The molecule has 3 aromatic rings. The zero-order valence-electron chi connectivity index (χ0n) is 17.0. The molecule has 5 rings (SSSR count). The number of aromatic nitrogens is 2. The Hall–Kier alpha value is -2.32. The Labute approximate surface area is 183 Å². The molecule has 0 saturated carbocycles. The smallest absolute Gasteiger partial charge is 0.262 e. The van der Waals surface area contributed by atoms with E-state index in [0.29, 0.717) is 10.9 Å². The molecule has 1 aliphatic heterocycles. The Morgan fingerprint density at radius 2 is 1.90 bits per heavy atom. The number of piperazine rings is 1. The van der Waals surface area contributed by atoms with Crippen molar-refractivity contribution in [2.24, 2.45) is 7.05 Å². The summed E-state index contributed by atoms with van der Waals surface area (Å²) in [6.45, 7) is 3.11. The van der Waals surface area contributed by atoms with Crippen molar-refractivity contribution in [2.45, 2.75) is 24.4 Å². The number of thioether (sulfide) groups is 1. The van der Waals surface area contributed by atoms with Crippen LogP contribution in [0.15, 0.2) is 40.3 Å². The van der Waals surface area contributed by atoms with Crippen LogP contribution in [0.3, 0.4) is 0 Å². The van der Waals surface area contributed by atoms with E-state index in [4.69, 9.17) is 4.98 Å². The van der Waals surface area contributed by atoms with E-state index in [1.807, 2.05) is 23.1 Å². The van der Waals surface area contributed by atoms with Crippen LogP contribution >= 0.6 is 23.1 Å². The highest BCUT2D eigenvalue weighted by atomic mass is 32.2. The van der Waals surface area contributed by atoms with Gasteiger partial charge in [0.05, 0.1) is 11.1 Å².